The number of ether oxygens (including phenoxy) is 1. The van der Waals surface area contributed by atoms with Gasteiger partial charge in [0.25, 0.3) is 0 Å². The molecule has 4 nitrogen and oxygen atoms in total. The Balaban J connectivity index is 2.81. The molecule has 0 unspecified atom stereocenters. The van der Waals surface area contributed by atoms with E-state index in [1.54, 1.807) is 7.11 Å². The summed E-state index contributed by atoms with van der Waals surface area (Å²) in [6, 6.07) is 0. The standard InChI is InChI=1S/C10H19N3O/c1-10(2,11-3)9-7-12-8-13(9)5-6-14-4/h7-8,11H,5-6H2,1-4H3. The molecule has 80 valence electrons. The molecule has 0 atom stereocenters. The Kier molecular flexibility index (Phi) is 3.66. The van der Waals surface area contributed by atoms with E-state index in [4.69, 9.17) is 4.74 Å². The van der Waals surface area contributed by atoms with Gasteiger partial charge in [-0.05, 0) is 20.9 Å². The van der Waals surface area contributed by atoms with Crippen LogP contribution in [0.4, 0.5) is 0 Å². The van der Waals surface area contributed by atoms with E-state index in [0.717, 1.165) is 6.54 Å². The van der Waals surface area contributed by atoms with E-state index in [1.807, 2.05) is 19.6 Å². The van der Waals surface area contributed by atoms with Gasteiger partial charge in [0, 0.05) is 19.9 Å². The van der Waals surface area contributed by atoms with Crippen molar-refractivity contribution >= 4 is 0 Å². The van der Waals surface area contributed by atoms with Crippen LogP contribution in [0.15, 0.2) is 12.5 Å². The van der Waals surface area contributed by atoms with E-state index >= 15 is 0 Å². The normalized spacial score (nSPS) is 12.0. The highest BCUT2D eigenvalue weighted by molar-refractivity contribution is 5.10. The van der Waals surface area contributed by atoms with Crippen LogP contribution in [0.5, 0.6) is 0 Å². The van der Waals surface area contributed by atoms with Gasteiger partial charge in [-0.2, -0.15) is 0 Å². The van der Waals surface area contributed by atoms with E-state index < -0.39 is 0 Å². The number of hydrogen-bond acceptors (Lipinski definition) is 3. The SMILES string of the molecule is CNC(C)(C)c1cncn1CCOC. The minimum atomic E-state index is -0.0513. The second-order valence-corrected chi connectivity index (χ2v) is 3.84. The van der Waals surface area contributed by atoms with Gasteiger partial charge in [-0.25, -0.2) is 4.98 Å². The second-order valence-electron chi connectivity index (χ2n) is 3.84. The third kappa shape index (κ3) is 2.33. The van der Waals surface area contributed by atoms with Gasteiger partial charge in [-0.3, -0.25) is 0 Å². The molecule has 0 fully saturated rings. The molecule has 0 radical (unpaired) electrons. The van der Waals surface area contributed by atoms with Gasteiger partial charge in [0.1, 0.15) is 0 Å². The molecule has 1 aromatic rings. The first-order valence-corrected chi connectivity index (χ1v) is 4.80. The minimum Gasteiger partial charge on any atom is -0.383 e. The first kappa shape index (κ1) is 11.2. The molecule has 0 aliphatic heterocycles. The smallest absolute Gasteiger partial charge is 0.0949 e. The van der Waals surface area contributed by atoms with Gasteiger partial charge >= 0.3 is 0 Å². The summed E-state index contributed by atoms with van der Waals surface area (Å²) >= 11 is 0. The highest BCUT2D eigenvalue weighted by Crippen LogP contribution is 2.18. The van der Waals surface area contributed by atoms with E-state index in [9.17, 15) is 0 Å². The van der Waals surface area contributed by atoms with Crippen molar-refractivity contribution in [2.24, 2.45) is 0 Å². The van der Waals surface area contributed by atoms with E-state index in [-0.39, 0.29) is 5.54 Å². The molecule has 14 heavy (non-hydrogen) atoms. The number of aromatic nitrogens is 2. The largest absolute Gasteiger partial charge is 0.383 e. The van der Waals surface area contributed by atoms with Crippen molar-refractivity contribution in [2.45, 2.75) is 25.9 Å². The summed E-state index contributed by atoms with van der Waals surface area (Å²) < 4.78 is 7.16. The molecule has 4 heteroatoms. The number of methoxy groups -OCH3 is 1. The molecule has 0 aliphatic rings. The third-order valence-corrected chi connectivity index (χ3v) is 2.51. The van der Waals surface area contributed by atoms with Crippen molar-refractivity contribution in [3.8, 4) is 0 Å². The van der Waals surface area contributed by atoms with Gasteiger partial charge in [-0.1, -0.05) is 0 Å². The van der Waals surface area contributed by atoms with Crippen molar-refractivity contribution < 1.29 is 4.74 Å². The molecule has 0 spiro atoms. The number of rotatable bonds is 5. The number of nitrogens with one attached hydrogen (secondary N) is 1. The molecular weight excluding hydrogens is 178 g/mol. The van der Waals surface area contributed by atoms with Crippen molar-refractivity contribution in [2.75, 3.05) is 20.8 Å². The van der Waals surface area contributed by atoms with Crippen molar-refractivity contribution in [1.82, 2.24) is 14.9 Å². The fraction of sp³-hybridized carbons (Fsp3) is 0.700. The number of nitrogens with zero attached hydrogens (tertiary/aromatic N) is 2. The lowest BCUT2D eigenvalue weighted by molar-refractivity contribution is 0.184. The molecular formula is C10H19N3O. The van der Waals surface area contributed by atoms with E-state index in [0.29, 0.717) is 6.61 Å². The summed E-state index contributed by atoms with van der Waals surface area (Å²) in [6.07, 6.45) is 3.74. The molecule has 0 bridgehead atoms. The summed E-state index contributed by atoms with van der Waals surface area (Å²) in [5, 5.41) is 3.26. The Hall–Kier alpha value is -0.870. The summed E-state index contributed by atoms with van der Waals surface area (Å²) in [6.45, 7) is 5.82. The van der Waals surface area contributed by atoms with Crippen LogP contribution in [0.25, 0.3) is 0 Å². The van der Waals surface area contributed by atoms with Crippen LogP contribution in [-0.2, 0) is 16.8 Å². The maximum absolute atomic E-state index is 5.05. The number of hydrogen-bond donors (Lipinski definition) is 1. The van der Waals surface area contributed by atoms with Crippen molar-refractivity contribution in [3.63, 3.8) is 0 Å². The van der Waals surface area contributed by atoms with E-state index in [1.165, 1.54) is 5.69 Å². The summed E-state index contributed by atoms with van der Waals surface area (Å²) in [5.74, 6) is 0. The predicted octanol–water partition coefficient (Wildman–Crippen LogP) is 0.984. The summed E-state index contributed by atoms with van der Waals surface area (Å²) in [5.41, 5.74) is 1.13. The zero-order valence-corrected chi connectivity index (χ0v) is 9.37. The zero-order valence-electron chi connectivity index (χ0n) is 9.37. The molecule has 0 aliphatic carbocycles. The fourth-order valence-corrected chi connectivity index (χ4v) is 1.34. The molecule has 0 saturated heterocycles. The summed E-state index contributed by atoms with van der Waals surface area (Å²) in [4.78, 5) is 4.16. The Morgan fingerprint density at radius 1 is 1.57 bits per heavy atom. The van der Waals surface area contributed by atoms with Gasteiger partial charge in [0.2, 0.25) is 0 Å². The topological polar surface area (TPSA) is 39.1 Å². The predicted molar refractivity (Wildman–Crippen MR) is 56.2 cm³/mol. The van der Waals surface area contributed by atoms with Crippen LogP contribution in [0, 0.1) is 0 Å². The van der Waals surface area contributed by atoms with Crippen LogP contribution in [0.3, 0.4) is 0 Å². The third-order valence-electron chi connectivity index (χ3n) is 2.51. The monoisotopic (exact) mass is 197 g/mol. The van der Waals surface area contributed by atoms with Gasteiger partial charge in [0.15, 0.2) is 0 Å². The van der Waals surface area contributed by atoms with Crippen LogP contribution >= 0.6 is 0 Å². The Labute approximate surface area is 85.3 Å². The van der Waals surface area contributed by atoms with E-state index in [2.05, 4.69) is 28.7 Å². The zero-order chi connectivity index (χ0) is 10.6. The van der Waals surface area contributed by atoms with Crippen LogP contribution in [0.2, 0.25) is 0 Å². The molecule has 0 aromatic carbocycles. The van der Waals surface area contributed by atoms with Crippen molar-refractivity contribution in [3.05, 3.63) is 18.2 Å². The number of imidazole rings is 1. The molecule has 0 amide bonds. The maximum atomic E-state index is 5.05. The van der Waals surface area contributed by atoms with Crippen LogP contribution < -0.4 is 5.32 Å². The lowest BCUT2D eigenvalue weighted by Crippen LogP contribution is -2.35. The average molecular weight is 197 g/mol. The highest BCUT2D eigenvalue weighted by atomic mass is 16.5. The Morgan fingerprint density at radius 2 is 2.29 bits per heavy atom. The molecule has 1 heterocycles. The Morgan fingerprint density at radius 3 is 2.86 bits per heavy atom. The van der Waals surface area contributed by atoms with Gasteiger partial charge in [0.05, 0.1) is 24.2 Å². The molecule has 1 N–H and O–H groups in total. The average Bonchev–Trinajstić information content (AvgIpc) is 2.63. The minimum absolute atomic E-state index is 0.0513. The van der Waals surface area contributed by atoms with Gasteiger partial charge < -0.3 is 14.6 Å². The maximum Gasteiger partial charge on any atom is 0.0949 e. The quantitative estimate of drug-likeness (QED) is 0.765. The summed E-state index contributed by atoms with van der Waals surface area (Å²) in [7, 11) is 3.66. The first-order chi connectivity index (χ1) is 6.61. The van der Waals surface area contributed by atoms with Crippen LogP contribution in [-0.4, -0.2) is 30.3 Å². The highest BCUT2D eigenvalue weighted by Gasteiger charge is 2.21. The lowest BCUT2D eigenvalue weighted by atomic mass is 10.0. The second kappa shape index (κ2) is 4.57. The van der Waals surface area contributed by atoms with Gasteiger partial charge in [-0.15, -0.1) is 0 Å². The molecule has 1 aromatic heterocycles. The molecule has 1 rings (SSSR count). The first-order valence-electron chi connectivity index (χ1n) is 4.80. The molecule has 0 saturated carbocycles. The fourth-order valence-electron chi connectivity index (χ4n) is 1.34. The van der Waals surface area contributed by atoms with Crippen LogP contribution in [0.1, 0.15) is 19.5 Å². The Bertz CT molecular complexity index is 281. The van der Waals surface area contributed by atoms with Crippen molar-refractivity contribution in [1.29, 1.82) is 0 Å². The lowest BCUT2D eigenvalue weighted by Gasteiger charge is -2.25.